The highest BCUT2D eigenvalue weighted by atomic mass is 32.2. The van der Waals surface area contributed by atoms with Crippen LogP contribution in [0.3, 0.4) is 0 Å². The second kappa shape index (κ2) is 9.11. The van der Waals surface area contributed by atoms with Gasteiger partial charge in [-0.1, -0.05) is 12.1 Å². The van der Waals surface area contributed by atoms with Crippen LogP contribution in [0.15, 0.2) is 75.1 Å². The number of sulfonamides is 1. The summed E-state index contributed by atoms with van der Waals surface area (Å²) in [4.78, 5) is 12.7. The molecule has 0 unspecified atom stereocenters. The number of carbonyl (C=O) groups is 1. The van der Waals surface area contributed by atoms with E-state index in [-0.39, 0.29) is 15.6 Å². The lowest BCUT2D eigenvalue weighted by Gasteiger charge is -2.10. The van der Waals surface area contributed by atoms with Crippen LogP contribution < -0.4 is 10.0 Å². The van der Waals surface area contributed by atoms with E-state index in [1.165, 1.54) is 30.0 Å². The first kappa shape index (κ1) is 22.2. The maximum Gasteiger partial charge on any atom is 0.416 e. The van der Waals surface area contributed by atoms with Crippen LogP contribution in [0.25, 0.3) is 0 Å². The second-order valence-electron chi connectivity index (χ2n) is 5.98. The fourth-order valence-corrected chi connectivity index (χ4v) is 5.11. The Bertz CT molecular complexity index is 1110. The highest BCUT2D eigenvalue weighted by molar-refractivity contribution is 8.00. The van der Waals surface area contributed by atoms with E-state index in [9.17, 15) is 26.4 Å². The third kappa shape index (κ3) is 6.00. The van der Waals surface area contributed by atoms with Crippen LogP contribution in [0.4, 0.5) is 24.5 Å². The van der Waals surface area contributed by atoms with E-state index < -0.39 is 27.7 Å². The van der Waals surface area contributed by atoms with Crippen LogP contribution in [0.1, 0.15) is 5.56 Å². The van der Waals surface area contributed by atoms with E-state index in [2.05, 4.69) is 10.0 Å². The van der Waals surface area contributed by atoms with Crippen molar-refractivity contribution in [3.05, 3.63) is 71.6 Å². The highest BCUT2D eigenvalue weighted by Crippen LogP contribution is 2.31. The Morgan fingerprint density at radius 1 is 1.00 bits per heavy atom. The van der Waals surface area contributed by atoms with E-state index in [0.717, 1.165) is 23.5 Å². The molecule has 3 rings (SSSR count). The molecular weight excluding hydrogens is 457 g/mol. The number of nitrogens with one attached hydrogen (secondary N) is 2. The first-order chi connectivity index (χ1) is 14.1. The Kier molecular flexibility index (Phi) is 6.74. The van der Waals surface area contributed by atoms with Gasteiger partial charge in [0.25, 0.3) is 10.0 Å². The molecule has 0 saturated carbocycles. The van der Waals surface area contributed by atoms with Crippen molar-refractivity contribution in [2.75, 3.05) is 15.8 Å². The molecule has 0 bridgehead atoms. The Labute approximate surface area is 179 Å². The fourth-order valence-electron chi connectivity index (χ4n) is 2.36. The summed E-state index contributed by atoms with van der Waals surface area (Å²) in [7, 11) is -3.64. The maximum absolute atomic E-state index is 12.7. The summed E-state index contributed by atoms with van der Waals surface area (Å²) < 4.78 is 65.2. The number of amides is 1. The molecule has 0 saturated heterocycles. The van der Waals surface area contributed by atoms with Gasteiger partial charge in [-0.15, -0.1) is 23.1 Å². The number of alkyl halides is 3. The lowest BCUT2D eigenvalue weighted by atomic mass is 10.2. The molecule has 1 heterocycles. The van der Waals surface area contributed by atoms with Crippen molar-refractivity contribution in [3.8, 4) is 0 Å². The van der Waals surface area contributed by atoms with Gasteiger partial charge in [-0.2, -0.15) is 13.2 Å². The Morgan fingerprint density at radius 2 is 1.73 bits per heavy atom. The molecule has 0 radical (unpaired) electrons. The maximum atomic E-state index is 12.7. The van der Waals surface area contributed by atoms with Crippen LogP contribution in [0, 0.1) is 0 Å². The first-order valence-electron chi connectivity index (χ1n) is 8.40. The Morgan fingerprint density at radius 3 is 2.37 bits per heavy atom. The second-order valence-corrected chi connectivity index (χ2v) is 9.88. The van der Waals surface area contributed by atoms with Crippen molar-refractivity contribution in [2.24, 2.45) is 0 Å². The van der Waals surface area contributed by atoms with Crippen molar-refractivity contribution >= 4 is 50.4 Å². The Hall–Kier alpha value is -2.50. The van der Waals surface area contributed by atoms with Crippen molar-refractivity contribution in [1.29, 1.82) is 0 Å². The van der Waals surface area contributed by atoms with Crippen molar-refractivity contribution < 1.29 is 26.4 Å². The smallest absolute Gasteiger partial charge is 0.325 e. The summed E-state index contributed by atoms with van der Waals surface area (Å²) in [5.74, 6) is -0.474. The number of carbonyl (C=O) groups excluding carboxylic acids is 1. The van der Waals surface area contributed by atoms with Gasteiger partial charge in [-0.3, -0.25) is 9.52 Å². The van der Waals surface area contributed by atoms with Crippen LogP contribution >= 0.6 is 23.1 Å². The number of thiophene rings is 1. The van der Waals surface area contributed by atoms with Gasteiger partial charge in [0.2, 0.25) is 5.91 Å². The zero-order valence-corrected chi connectivity index (χ0v) is 17.6. The lowest BCUT2D eigenvalue weighted by Crippen LogP contribution is -2.15. The molecule has 0 aliphatic rings. The van der Waals surface area contributed by atoms with Gasteiger partial charge >= 0.3 is 6.18 Å². The van der Waals surface area contributed by atoms with Crippen LogP contribution in [0.5, 0.6) is 0 Å². The molecule has 0 fully saturated rings. The molecule has 2 N–H and O–H groups in total. The molecule has 11 heteroatoms. The SMILES string of the molecule is O=C(CSc1ccc(NS(=O)(=O)c2cccs2)cc1)Nc1cccc(C(F)(F)F)c1. The number of halogens is 3. The van der Waals surface area contributed by atoms with E-state index in [1.807, 2.05) is 0 Å². The molecule has 5 nitrogen and oxygen atoms in total. The standard InChI is InChI=1S/C19H15F3N2O3S3/c20-19(21,22)13-3-1-4-15(11-13)23-17(25)12-29-16-8-6-14(7-9-16)24-30(26,27)18-5-2-10-28-18/h1-11,24H,12H2,(H,23,25). The summed E-state index contributed by atoms with van der Waals surface area (Å²) in [5.41, 5.74) is -0.400. The molecule has 1 aromatic heterocycles. The predicted octanol–water partition coefficient (Wildman–Crippen LogP) is 5.30. The molecule has 30 heavy (non-hydrogen) atoms. The van der Waals surface area contributed by atoms with Crippen molar-refractivity contribution in [1.82, 2.24) is 0 Å². The molecule has 2 aromatic carbocycles. The van der Waals surface area contributed by atoms with Gasteiger partial charge in [0.1, 0.15) is 4.21 Å². The molecule has 3 aromatic rings. The minimum absolute atomic E-state index is 0.0173. The predicted molar refractivity (Wildman–Crippen MR) is 112 cm³/mol. The normalized spacial score (nSPS) is 11.8. The molecule has 0 spiro atoms. The van der Waals surface area contributed by atoms with Crippen LogP contribution in [-0.2, 0) is 21.0 Å². The average molecular weight is 473 g/mol. The number of thioether (sulfide) groups is 1. The number of rotatable bonds is 7. The lowest BCUT2D eigenvalue weighted by molar-refractivity contribution is -0.137. The number of anilines is 2. The number of hydrogen-bond acceptors (Lipinski definition) is 5. The van der Waals surface area contributed by atoms with Gasteiger partial charge in [-0.25, -0.2) is 8.42 Å². The highest BCUT2D eigenvalue weighted by Gasteiger charge is 2.30. The summed E-state index contributed by atoms with van der Waals surface area (Å²) in [6, 6.07) is 14.0. The summed E-state index contributed by atoms with van der Waals surface area (Å²) in [6.07, 6.45) is -4.48. The zero-order valence-electron chi connectivity index (χ0n) is 15.1. The molecule has 0 aliphatic carbocycles. The molecule has 0 atom stereocenters. The van der Waals surface area contributed by atoms with Gasteiger partial charge < -0.3 is 5.32 Å². The van der Waals surface area contributed by atoms with Crippen molar-refractivity contribution in [3.63, 3.8) is 0 Å². The van der Waals surface area contributed by atoms with Gasteiger partial charge in [0.05, 0.1) is 11.3 Å². The van der Waals surface area contributed by atoms with Crippen molar-refractivity contribution in [2.45, 2.75) is 15.3 Å². The van der Waals surface area contributed by atoms with Gasteiger partial charge in [-0.05, 0) is 53.9 Å². The molecule has 158 valence electrons. The fraction of sp³-hybridized carbons (Fsp3) is 0.105. The van der Waals surface area contributed by atoms with Gasteiger partial charge in [0, 0.05) is 16.3 Å². The van der Waals surface area contributed by atoms with E-state index >= 15 is 0 Å². The van der Waals surface area contributed by atoms with Gasteiger partial charge in [0.15, 0.2) is 0 Å². The van der Waals surface area contributed by atoms with E-state index in [1.54, 1.807) is 35.7 Å². The topological polar surface area (TPSA) is 75.3 Å². The largest absolute Gasteiger partial charge is 0.416 e. The summed E-state index contributed by atoms with van der Waals surface area (Å²) >= 11 is 2.28. The quantitative estimate of drug-likeness (QED) is 0.458. The van der Waals surface area contributed by atoms with Crippen LogP contribution in [-0.4, -0.2) is 20.1 Å². The monoisotopic (exact) mass is 472 g/mol. The summed E-state index contributed by atoms with van der Waals surface area (Å²) in [6.45, 7) is 0. The third-order valence-corrected chi connectivity index (χ3v) is 7.50. The van der Waals surface area contributed by atoms with E-state index in [0.29, 0.717) is 10.6 Å². The van der Waals surface area contributed by atoms with E-state index in [4.69, 9.17) is 0 Å². The minimum Gasteiger partial charge on any atom is -0.325 e. The Balaban J connectivity index is 1.54. The first-order valence-corrected chi connectivity index (χ1v) is 11.7. The zero-order chi connectivity index (χ0) is 21.8. The number of hydrogen-bond donors (Lipinski definition) is 2. The average Bonchev–Trinajstić information content (AvgIpc) is 3.23. The van der Waals surface area contributed by atoms with Crippen LogP contribution in [0.2, 0.25) is 0 Å². The summed E-state index contributed by atoms with van der Waals surface area (Å²) in [5, 5.41) is 4.10. The minimum atomic E-state index is -4.48. The molecule has 1 amide bonds. The number of benzene rings is 2. The molecule has 0 aliphatic heterocycles. The molecular formula is C19H15F3N2O3S3. The third-order valence-electron chi connectivity index (χ3n) is 3.71.